The van der Waals surface area contributed by atoms with Crippen molar-refractivity contribution in [1.29, 1.82) is 0 Å². The first-order chi connectivity index (χ1) is 10.3. The van der Waals surface area contributed by atoms with Gasteiger partial charge in [-0.15, -0.1) is 0 Å². The molecular formula is C16H23N3O3. The lowest BCUT2D eigenvalue weighted by Crippen LogP contribution is -2.57. The van der Waals surface area contributed by atoms with E-state index in [2.05, 4.69) is 11.2 Å². The standard InChI is InChI=1S/C16H23N3O3/c1-16(2,3)22-15(20)19-12-7-11(8-13(19)10-21-9-12)14-5-6-18(4)17-14/h5-7,12-13H,8-10H2,1-4H3. The average Bonchev–Trinajstić information content (AvgIpc) is 2.81. The fourth-order valence-electron chi connectivity index (χ4n) is 2.97. The largest absolute Gasteiger partial charge is 0.444 e. The molecule has 2 bridgehead atoms. The van der Waals surface area contributed by atoms with Gasteiger partial charge in [-0.3, -0.25) is 9.58 Å². The van der Waals surface area contributed by atoms with Crippen molar-refractivity contribution in [1.82, 2.24) is 14.7 Å². The SMILES string of the molecule is Cn1ccc(C2=CC3COCC(C2)N3C(=O)OC(C)(C)C)n1. The highest BCUT2D eigenvalue weighted by Gasteiger charge is 2.40. The number of fused-ring (bicyclic) bond motifs is 2. The zero-order chi connectivity index (χ0) is 15.9. The Balaban J connectivity index is 1.84. The molecule has 0 N–H and O–H groups in total. The molecular weight excluding hydrogens is 282 g/mol. The second-order valence-electron chi connectivity index (χ2n) is 6.92. The van der Waals surface area contributed by atoms with E-state index in [0.717, 1.165) is 12.1 Å². The van der Waals surface area contributed by atoms with Gasteiger partial charge in [-0.25, -0.2) is 4.79 Å². The summed E-state index contributed by atoms with van der Waals surface area (Å²) >= 11 is 0. The third-order valence-electron chi connectivity index (χ3n) is 3.85. The highest BCUT2D eigenvalue weighted by molar-refractivity contribution is 5.73. The van der Waals surface area contributed by atoms with Crippen molar-refractivity contribution in [3.05, 3.63) is 24.0 Å². The Bertz CT molecular complexity index is 600. The van der Waals surface area contributed by atoms with Crippen LogP contribution in [0.2, 0.25) is 0 Å². The van der Waals surface area contributed by atoms with Crippen LogP contribution in [0.5, 0.6) is 0 Å². The van der Waals surface area contributed by atoms with Crippen molar-refractivity contribution in [2.24, 2.45) is 7.05 Å². The number of carbonyl (C=O) groups excluding carboxylic acids is 1. The number of rotatable bonds is 1. The summed E-state index contributed by atoms with van der Waals surface area (Å²) in [6.45, 7) is 6.70. The van der Waals surface area contributed by atoms with Gasteiger partial charge in [0, 0.05) is 13.2 Å². The van der Waals surface area contributed by atoms with Crippen LogP contribution in [0.4, 0.5) is 4.79 Å². The number of ether oxygens (including phenoxy) is 2. The van der Waals surface area contributed by atoms with Gasteiger partial charge >= 0.3 is 6.09 Å². The molecule has 22 heavy (non-hydrogen) atoms. The van der Waals surface area contributed by atoms with Crippen LogP contribution in [0.25, 0.3) is 5.57 Å². The lowest BCUT2D eigenvalue weighted by Gasteiger charge is -2.44. The number of morpholine rings is 1. The number of hydrogen-bond acceptors (Lipinski definition) is 4. The van der Waals surface area contributed by atoms with E-state index >= 15 is 0 Å². The zero-order valence-corrected chi connectivity index (χ0v) is 13.6. The van der Waals surface area contributed by atoms with Crippen molar-refractivity contribution >= 4 is 11.7 Å². The molecule has 0 saturated carbocycles. The number of carbonyl (C=O) groups is 1. The topological polar surface area (TPSA) is 56.6 Å². The molecule has 1 saturated heterocycles. The molecule has 0 aliphatic carbocycles. The molecule has 0 spiro atoms. The number of amides is 1. The summed E-state index contributed by atoms with van der Waals surface area (Å²) in [6.07, 6.45) is 4.50. The molecule has 0 aromatic carbocycles. The molecule has 1 fully saturated rings. The smallest absolute Gasteiger partial charge is 0.411 e. The van der Waals surface area contributed by atoms with Gasteiger partial charge in [-0.05, 0) is 38.8 Å². The van der Waals surface area contributed by atoms with E-state index in [1.807, 2.05) is 45.0 Å². The molecule has 2 unspecified atom stereocenters. The highest BCUT2D eigenvalue weighted by Crippen LogP contribution is 2.32. The van der Waals surface area contributed by atoms with Crippen LogP contribution in [0.15, 0.2) is 18.3 Å². The van der Waals surface area contributed by atoms with Gasteiger partial charge in [0.2, 0.25) is 0 Å². The third kappa shape index (κ3) is 3.02. The Morgan fingerprint density at radius 1 is 1.41 bits per heavy atom. The van der Waals surface area contributed by atoms with Gasteiger partial charge in [0.25, 0.3) is 0 Å². The molecule has 3 heterocycles. The third-order valence-corrected chi connectivity index (χ3v) is 3.85. The monoisotopic (exact) mass is 305 g/mol. The summed E-state index contributed by atoms with van der Waals surface area (Å²) in [6, 6.07) is 1.93. The van der Waals surface area contributed by atoms with E-state index in [1.165, 1.54) is 5.57 Å². The van der Waals surface area contributed by atoms with Crippen LogP contribution in [0.1, 0.15) is 32.9 Å². The fraction of sp³-hybridized carbons (Fsp3) is 0.625. The minimum Gasteiger partial charge on any atom is -0.444 e. The summed E-state index contributed by atoms with van der Waals surface area (Å²) in [5.41, 5.74) is 1.67. The van der Waals surface area contributed by atoms with Gasteiger partial charge < -0.3 is 9.47 Å². The molecule has 6 heteroatoms. The normalized spacial score (nSPS) is 24.9. The summed E-state index contributed by atoms with van der Waals surface area (Å²) in [5.74, 6) is 0. The zero-order valence-electron chi connectivity index (χ0n) is 13.6. The van der Waals surface area contributed by atoms with Crippen LogP contribution < -0.4 is 0 Å². The first-order valence-corrected chi connectivity index (χ1v) is 7.63. The maximum Gasteiger partial charge on any atom is 0.411 e. The van der Waals surface area contributed by atoms with Gasteiger partial charge in [-0.1, -0.05) is 6.08 Å². The Morgan fingerprint density at radius 3 is 2.77 bits per heavy atom. The van der Waals surface area contributed by atoms with Crippen molar-refractivity contribution in [3.63, 3.8) is 0 Å². The van der Waals surface area contributed by atoms with E-state index in [-0.39, 0.29) is 18.2 Å². The quantitative estimate of drug-likeness (QED) is 0.798. The maximum atomic E-state index is 12.5. The lowest BCUT2D eigenvalue weighted by molar-refractivity contribution is -0.0511. The van der Waals surface area contributed by atoms with Crippen LogP contribution in [-0.4, -0.2) is 51.7 Å². The van der Waals surface area contributed by atoms with Crippen LogP contribution in [0, 0.1) is 0 Å². The second-order valence-corrected chi connectivity index (χ2v) is 6.92. The lowest BCUT2D eigenvalue weighted by atomic mass is 9.93. The molecule has 1 aromatic rings. The van der Waals surface area contributed by atoms with Gasteiger partial charge in [0.15, 0.2) is 0 Å². The van der Waals surface area contributed by atoms with E-state index in [1.54, 1.807) is 4.68 Å². The Morgan fingerprint density at radius 2 is 2.18 bits per heavy atom. The van der Waals surface area contributed by atoms with Crippen LogP contribution in [0.3, 0.4) is 0 Å². The second kappa shape index (κ2) is 5.43. The van der Waals surface area contributed by atoms with Crippen LogP contribution >= 0.6 is 0 Å². The molecule has 0 radical (unpaired) electrons. The minimum absolute atomic E-state index is 0.00982. The minimum atomic E-state index is -0.489. The molecule has 3 rings (SSSR count). The number of hydrogen-bond donors (Lipinski definition) is 0. The molecule has 1 aromatic heterocycles. The molecule has 1 amide bonds. The number of nitrogens with zero attached hydrogens (tertiary/aromatic N) is 3. The van der Waals surface area contributed by atoms with E-state index < -0.39 is 5.60 Å². The molecule has 6 nitrogen and oxygen atoms in total. The summed E-state index contributed by atoms with van der Waals surface area (Å²) in [7, 11) is 1.91. The Labute approximate surface area is 130 Å². The number of aryl methyl sites for hydroxylation is 1. The first-order valence-electron chi connectivity index (χ1n) is 7.63. The molecule has 120 valence electrons. The highest BCUT2D eigenvalue weighted by atomic mass is 16.6. The summed E-state index contributed by atoms with van der Waals surface area (Å²) in [4.78, 5) is 14.3. The molecule has 2 aliphatic rings. The van der Waals surface area contributed by atoms with Crippen molar-refractivity contribution in [3.8, 4) is 0 Å². The van der Waals surface area contributed by atoms with Gasteiger partial charge in [-0.2, -0.15) is 5.10 Å². The summed E-state index contributed by atoms with van der Waals surface area (Å²) in [5, 5.41) is 4.46. The van der Waals surface area contributed by atoms with Crippen molar-refractivity contribution < 1.29 is 14.3 Å². The molecule has 2 atom stereocenters. The van der Waals surface area contributed by atoms with Crippen LogP contribution in [-0.2, 0) is 16.5 Å². The number of aromatic nitrogens is 2. The van der Waals surface area contributed by atoms with Gasteiger partial charge in [0.05, 0.1) is 31.0 Å². The van der Waals surface area contributed by atoms with E-state index in [4.69, 9.17) is 9.47 Å². The van der Waals surface area contributed by atoms with Crippen molar-refractivity contribution in [2.45, 2.75) is 44.9 Å². The predicted octanol–water partition coefficient (Wildman–Crippen LogP) is 2.21. The van der Waals surface area contributed by atoms with Crippen molar-refractivity contribution in [2.75, 3.05) is 13.2 Å². The summed E-state index contributed by atoms with van der Waals surface area (Å²) < 4.78 is 13.0. The first kappa shape index (κ1) is 15.1. The average molecular weight is 305 g/mol. The van der Waals surface area contributed by atoms with E-state index in [0.29, 0.717) is 13.2 Å². The van der Waals surface area contributed by atoms with E-state index in [9.17, 15) is 4.79 Å². The Hall–Kier alpha value is -1.82. The predicted molar refractivity (Wildman–Crippen MR) is 82.3 cm³/mol. The maximum absolute atomic E-state index is 12.5. The Kier molecular flexibility index (Phi) is 3.72. The van der Waals surface area contributed by atoms with Gasteiger partial charge in [0.1, 0.15) is 5.60 Å². The molecule has 2 aliphatic heterocycles. The fourth-order valence-corrected chi connectivity index (χ4v) is 2.97.